The van der Waals surface area contributed by atoms with Crippen LogP contribution in [-0.4, -0.2) is 28.7 Å². The minimum Gasteiger partial charge on any atom is -0.388 e. The van der Waals surface area contributed by atoms with Gasteiger partial charge < -0.3 is 15.7 Å². The van der Waals surface area contributed by atoms with Gasteiger partial charge in [0, 0.05) is 13.1 Å². The first-order chi connectivity index (χ1) is 9.91. The highest BCUT2D eigenvalue weighted by Gasteiger charge is 2.23. The first-order valence-corrected chi connectivity index (χ1v) is 7.38. The molecule has 0 saturated heterocycles. The van der Waals surface area contributed by atoms with Crippen molar-refractivity contribution < 1.29 is 10.0 Å². The topological polar surface area (TPSA) is 87.4 Å². The van der Waals surface area contributed by atoms with Crippen LogP contribution < -0.4 is 10.6 Å². The van der Waals surface area contributed by atoms with Crippen molar-refractivity contribution >= 4 is 17.1 Å². The molecule has 118 valence electrons. The SMILES string of the molecule is CCCNc1cccc(NCC(C)(O)CCC)c1[N+](=O)[O-]. The number of aliphatic hydroxyl groups is 1. The summed E-state index contributed by atoms with van der Waals surface area (Å²) in [4.78, 5) is 10.9. The van der Waals surface area contributed by atoms with Gasteiger partial charge in [-0.2, -0.15) is 0 Å². The normalized spacial score (nSPS) is 13.5. The van der Waals surface area contributed by atoms with Crippen molar-refractivity contribution in [1.82, 2.24) is 0 Å². The van der Waals surface area contributed by atoms with Gasteiger partial charge in [-0.25, -0.2) is 0 Å². The molecule has 1 rings (SSSR count). The minimum absolute atomic E-state index is 0.0262. The van der Waals surface area contributed by atoms with Crippen molar-refractivity contribution in [1.29, 1.82) is 0 Å². The highest BCUT2D eigenvalue weighted by Crippen LogP contribution is 2.33. The molecule has 21 heavy (non-hydrogen) atoms. The van der Waals surface area contributed by atoms with Crippen LogP contribution in [0.2, 0.25) is 0 Å². The van der Waals surface area contributed by atoms with Gasteiger partial charge in [0.2, 0.25) is 0 Å². The highest BCUT2D eigenvalue weighted by atomic mass is 16.6. The van der Waals surface area contributed by atoms with Gasteiger partial charge >= 0.3 is 5.69 Å². The van der Waals surface area contributed by atoms with Crippen LogP contribution in [0.3, 0.4) is 0 Å². The van der Waals surface area contributed by atoms with E-state index in [1.54, 1.807) is 25.1 Å². The van der Waals surface area contributed by atoms with E-state index >= 15 is 0 Å². The summed E-state index contributed by atoms with van der Waals surface area (Å²) in [5, 5.41) is 27.6. The predicted octanol–water partition coefficient (Wildman–Crippen LogP) is 3.38. The van der Waals surface area contributed by atoms with E-state index in [1.165, 1.54) is 0 Å². The third-order valence-corrected chi connectivity index (χ3v) is 3.23. The third-order valence-electron chi connectivity index (χ3n) is 3.23. The first-order valence-electron chi connectivity index (χ1n) is 7.38. The van der Waals surface area contributed by atoms with Crippen LogP contribution in [0.1, 0.15) is 40.0 Å². The summed E-state index contributed by atoms with van der Waals surface area (Å²) < 4.78 is 0. The van der Waals surface area contributed by atoms with E-state index in [0.29, 0.717) is 24.3 Å². The lowest BCUT2D eigenvalue weighted by Gasteiger charge is -2.23. The fourth-order valence-electron chi connectivity index (χ4n) is 2.20. The Bertz CT molecular complexity index is 475. The van der Waals surface area contributed by atoms with Gasteiger partial charge in [-0.15, -0.1) is 0 Å². The Balaban J connectivity index is 2.93. The maximum absolute atomic E-state index is 11.3. The standard InChI is InChI=1S/C15H25N3O3/c1-4-9-15(3,19)11-17-13-8-6-7-12(16-10-5-2)14(13)18(20)21/h6-8,16-17,19H,4-5,9-11H2,1-3H3. The zero-order valence-corrected chi connectivity index (χ0v) is 13.0. The number of hydrogen-bond acceptors (Lipinski definition) is 5. The molecule has 1 aromatic carbocycles. The Morgan fingerprint density at radius 1 is 1.24 bits per heavy atom. The van der Waals surface area contributed by atoms with Crippen LogP contribution in [0, 0.1) is 10.1 Å². The van der Waals surface area contributed by atoms with Crippen LogP contribution in [0.25, 0.3) is 0 Å². The summed E-state index contributed by atoms with van der Waals surface area (Å²) in [5.74, 6) is 0. The number of nitrogens with one attached hydrogen (secondary N) is 2. The lowest BCUT2D eigenvalue weighted by atomic mass is 10.0. The van der Waals surface area contributed by atoms with E-state index in [-0.39, 0.29) is 12.2 Å². The molecule has 3 N–H and O–H groups in total. The molecular weight excluding hydrogens is 270 g/mol. The van der Waals surface area contributed by atoms with Crippen LogP contribution in [0.15, 0.2) is 18.2 Å². The largest absolute Gasteiger partial charge is 0.388 e. The summed E-state index contributed by atoms with van der Waals surface area (Å²) in [7, 11) is 0. The Morgan fingerprint density at radius 2 is 1.86 bits per heavy atom. The molecule has 0 bridgehead atoms. The Morgan fingerprint density at radius 3 is 2.38 bits per heavy atom. The second-order valence-corrected chi connectivity index (χ2v) is 5.49. The van der Waals surface area contributed by atoms with Crippen molar-refractivity contribution in [3.8, 4) is 0 Å². The number of benzene rings is 1. The molecule has 0 amide bonds. The van der Waals surface area contributed by atoms with E-state index in [4.69, 9.17) is 0 Å². The van der Waals surface area contributed by atoms with Gasteiger partial charge in [-0.1, -0.05) is 26.3 Å². The van der Waals surface area contributed by atoms with Crippen LogP contribution in [-0.2, 0) is 0 Å². The van der Waals surface area contributed by atoms with Gasteiger partial charge in [0.05, 0.1) is 10.5 Å². The lowest BCUT2D eigenvalue weighted by Crippen LogP contribution is -2.33. The van der Waals surface area contributed by atoms with Crippen molar-refractivity contribution in [2.45, 2.75) is 45.6 Å². The number of anilines is 2. The first kappa shape index (κ1) is 17.2. The fraction of sp³-hybridized carbons (Fsp3) is 0.600. The van der Waals surface area contributed by atoms with E-state index in [2.05, 4.69) is 10.6 Å². The average Bonchev–Trinajstić information content (AvgIpc) is 2.42. The molecule has 0 saturated carbocycles. The van der Waals surface area contributed by atoms with Crippen molar-refractivity contribution in [3.63, 3.8) is 0 Å². The number of nitrogens with zero attached hydrogens (tertiary/aromatic N) is 1. The molecular formula is C15H25N3O3. The van der Waals surface area contributed by atoms with Gasteiger partial charge in [-0.05, 0) is 31.9 Å². The monoisotopic (exact) mass is 295 g/mol. The fourth-order valence-corrected chi connectivity index (χ4v) is 2.20. The summed E-state index contributed by atoms with van der Waals surface area (Å²) >= 11 is 0. The molecule has 0 radical (unpaired) electrons. The van der Waals surface area contributed by atoms with Crippen molar-refractivity contribution in [3.05, 3.63) is 28.3 Å². The van der Waals surface area contributed by atoms with Gasteiger partial charge in [0.1, 0.15) is 11.4 Å². The molecule has 6 nitrogen and oxygen atoms in total. The van der Waals surface area contributed by atoms with Crippen LogP contribution in [0.4, 0.5) is 17.1 Å². The number of nitro groups is 1. The van der Waals surface area contributed by atoms with E-state index in [1.807, 2.05) is 13.8 Å². The molecule has 1 atom stereocenters. The number of nitro benzene ring substituents is 1. The highest BCUT2D eigenvalue weighted by molar-refractivity contribution is 5.76. The van der Waals surface area contributed by atoms with Crippen LogP contribution in [0.5, 0.6) is 0 Å². The van der Waals surface area contributed by atoms with Gasteiger partial charge in [0.15, 0.2) is 0 Å². The summed E-state index contributed by atoms with van der Waals surface area (Å²) in [6, 6.07) is 5.13. The molecule has 0 aliphatic carbocycles. The smallest absolute Gasteiger partial charge is 0.315 e. The molecule has 1 unspecified atom stereocenters. The zero-order chi connectivity index (χ0) is 15.9. The molecule has 1 aromatic rings. The van der Waals surface area contributed by atoms with Crippen molar-refractivity contribution in [2.24, 2.45) is 0 Å². The molecule has 0 spiro atoms. The molecule has 0 aromatic heterocycles. The molecule has 0 aliphatic heterocycles. The second-order valence-electron chi connectivity index (χ2n) is 5.49. The summed E-state index contributed by atoms with van der Waals surface area (Å²) in [6.45, 7) is 6.68. The van der Waals surface area contributed by atoms with E-state index in [0.717, 1.165) is 12.8 Å². The van der Waals surface area contributed by atoms with Gasteiger partial charge in [0.25, 0.3) is 0 Å². The lowest BCUT2D eigenvalue weighted by molar-refractivity contribution is -0.383. The Hall–Kier alpha value is -1.82. The second kappa shape index (κ2) is 7.83. The summed E-state index contributed by atoms with van der Waals surface area (Å²) in [6.07, 6.45) is 2.39. The maximum Gasteiger partial charge on any atom is 0.315 e. The zero-order valence-electron chi connectivity index (χ0n) is 13.0. The molecule has 0 fully saturated rings. The molecule has 6 heteroatoms. The van der Waals surface area contributed by atoms with E-state index in [9.17, 15) is 15.2 Å². The quantitative estimate of drug-likeness (QED) is 0.480. The van der Waals surface area contributed by atoms with Gasteiger partial charge in [-0.3, -0.25) is 10.1 Å². The number of rotatable bonds is 9. The minimum atomic E-state index is -0.879. The Kier molecular flexibility index (Phi) is 6.42. The molecule has 0 aliphatic rings. The van der Waals surface area contributed by atoms with E-state index < -0.39 is 10.5 Å². The predicted molar refractivity (Wildman–Crippen MR) is 85.9 cm³/mol. The molecule has 0 heterocycles. The summed E-state index contributed by atoms with van der Waals surface area (Å²) in [5.41, 5.74) is 0.0767. The average molecular weight is 295 g/mol. The third kappa shape index (κ3) is 5.23. The number of para-hydroxylation sites is 1. The maximum atomic E-state index is 11.3. The Labute approximate surface area is 125 Å². The van der Waals surface area contributed by atoms with Crippen LogP contribution >= 0.6 is 0 Å². The van der Waals surface area contributed by atoms with Crippen molar-refractivity contribution in [2.75, 3.05) is 23.7 Å². The number of hydrogen-bond donors (Lipinski definition) is 3.